The van der Waals surface area contributed by atoms with Crippen LogP contribution in [0.2, 0.25) is 0 Å². The van der Waals surface area contributed by atoms with E-state index in [1.807, 2.05) is 0 Å². The summed E-state index contributed by atoms with van der Waals surface area (Å²) in [6, 6.07) is 6.50. The van der Waals surface area contributed by atoms with Gasteiger partial charge in [-0.2, -0.15) is 0 Å². The largest absolute Gasteiger partial charge is 0.494 e. The second kappa shape index (κ2) is 9.99. The van der Waals surface area contributed by atoms with E-state index in [0.717, 1.165) is 19.3 Å². The molecule has 1 amide bonds. The highest BCUT2D eigenvalue weighted by Crippen LogP contribution is 2.24. The molecule has 1 fully saturated rings. The Bertz CT molecular complexity index is 649. The third-order valence-corrected chi connectivity index (χ3v) is 5.51. The fourth-order valence-corrected chi connectivity index (χ4v) is 3.62. The minimum Gasteiger partial charge on any atom is -0.494 e. The first-order valence-electron chi connectivity index (χ1n) is 8.32. The highest BCUT2D eigenvalue weighted by atomic mass is 35.5. The number of sulfone groups is 1. The molecule has 0 aromatic heterocycles. The van der Waals surface area contributed by atoms with Crippen molar-refractivity contribution in [3.05, 3.63) is 24.3 Å². The van der Waals surface area contributed by atoms with Crippen molar-refractivity contribution in [2.45, 2.75) is 43.0 Å². The standard InChI is InChI=1S/C17H26N2O4S.ClH/c1-24(21,22)15-9-7-14(8-10-15)23-11-3-6-17(20)19-16-5-2-4-13(16)12-18;/h7-10,13,16H,2-6,11-12,18H2,1H3,(H,19,20);1H. The van der Waals surface area contributed by atoms with E-state index < -0.39 is 9.84 Å². The summed E-state index contributed by atoms with van der Waals surface area (Å²) in [4.78, 5) is 12.2. The van der Waals surface area contributed by atoms with E-state index in [2.05, 4.69) is 5.32 Å². The molecule has 142 valence electrons. The predicted molar refractivity (Wildman–Crippen MR) is 99.9 cm³/mol. The number of ether oxygens (including phenoxy) is 1. The molecule has 0 aliphatic heterocycles. The number of benzene rings is 1. The van der Waals surface area contributed by atoms with E-state index in [-0.39, 0.29) is 29.3 Å². The minimum absolute atomic E-state index is 0. The summed E-state index contributed by atoms with van der Waals surface area (Å²) >= 11 is 0. The molecular weight excluding hydrogens is 364 g/mol. The van der Waals surface area contributed by atoms with Crippen LogP contribution >= 0.6 is 12.4 Å². The molecule has 2 atom stereocenters. The molecule has 1 aliphatic rings. The van der Waals surface area contributed by atoms with Crippen LogP contribution in [0.1, 0.15) is 32.1 Å². The molecule has 3 N–H and O–H groups in total. The van der Waals surface area contributed by atoms with Gasteiger partial charge in [0, 0.05) is 18.7 Å². The minimum atomic E-state index is -3.19. The molecule has 2 rings (SSSR count). The number of halogens is 1. The number of hydrogen-bond acceptors (Lipinski definition) is 5. The van der Waals surface area contributed by atoms with Crippen molar-refractivity contribution >= 4 is 28.2 Å². The maximum absolute atomic E-state index is 12.0. The molecule has 1 aromatic rings. The van der Waals surface area contributed by atoms with Gasteiger partial charge in [-0.1, -0.05) is 6.42 Å². The van der Waals surface area contributed by atoms with Crippen molar-refractivity contribution in [2.24, 2.45) is 11.7 Å². The average Bonchev–Trinajstić information content (AvgIpc) is 2.98. The van der Waals surface area contributed by atoms with Gasteiger partial charge in [0.2, 0.25) is 5.91 Å². The van der Waals surface area contributed by atoms with Gasteiger partial charge >= 0.3 is 0 Å². The monoisotopic (exact) mass is 390 g/mol. The fourth-order valence-electron chi connectivity index (χ4n) is 2.99. The molecule has 2 unspecified atom stereocenters. The van der Waals surface area contributed by atoms with E-state index in [1.54, 1.807) is 12.1 Å². The van der Waals surface area contributed by atoms with E-state index in [9.17, 15) is 13.2 Å². The summed E-state index contributed by atoms with van der Waals surface area (Å²) in [6.07, 6.45) is 5.42. The number of nitrogens with one attached hydrogen (secondary N) is 1. The lowest BCUT2D eigenvalue weighted by molar-refractivity contribution is -0.122. The van der Waals surface area contributed by atoms with Crippen molar-refractivity contribution in [1.29, 1.82) is 0 Å². The fraction of sp³-hybridized carbons (Fsp3) is 0.588. The third-order valence-electron chi connectivity index (χ3n) is 4.38. The Morgan fingerprint density at radius 2 is 1.96 bits per heavy atom. The Hall–Kier alpha value is -1.31. The molecular formula is C17H27ClN2O4S. The molecule has 1 saturated carbocycles. The lowest BCUT2D eigenvalue weighted by atomic mass is 10.0. The van der Waals surface area contributed by atoms with Crippen LogP contribution in [-0.2, 0) is 14.6 Å². The molecule has 0 radical (unpaired) electrons. The summed E-state index contributed by atoms with van der Waals surface area (Å²) in [7, 11) is -3.19. The number of carbonyl (C=O) groups is 1. The molecule has 1 aromatic carbocycles. The van der Waals surface area contributed by atoms with Crippen molar-refractivity contribution in [1.82, 2.24) is 5.32 Å². The Morgan fingerprint density at radius 3 is 2.56 bits per heavy atom. The van der Waals surface area contributed by atoms with Crippen molar-refractivity contribution in [3.8, 4) is 5.75 Å². The maximum Gasteiger partial charge on any atom is 0.220 e. The van der Waals surface area contributed by atoms with Crippen LogP contribution < -0.4 is 15.8 Å². The summed E-state index contributed by atoms with van der Waals surface area (Å²) < 4.78 is 28.3. The number of hydrogen-bond donors (Lipinski definition) is 2. The van der Waals surface area contributed by atoms with Gasteiger partial charge in [0.25, 0.3) is 0 Å². The lowest BCUT2D eigenvalue weighted by Gasteiger charge is -2.19. The first-order valence-corrected chi connectivity index (χ1v) is 10.2. The predicted octanol–water partition coefficient (Wildman–Crippen LogP) is 1.91. The van der Waals surface area contributed by atoms with E-state index >= 15 is 0 Å². The highest BCUT2D eigenvalue weighted by Gasteiger charge is 2.26. The normalized spacial score (nSPS) is 19.9. The van der Waals surface area contributed by atoms with Crippen LogP contribution in [0, 0.1) is 5.92 Å². The van der Waals surface area contributed by atoms with Crippen LogP contribution in [0.15, 0.2) is 29.2 Å². The first kappa shape index (κ1) is 21.7. The molecule has 6 nitrogen and oxygen atoms in total. The smallest absolute Gasteiger partial charge is 0.220 e. The molecule has 0 spiro atoms. The Balaban J connectivity index is 0.00000312. The highest BCUT2D eigenvalue weighted by molar-refractivity contribution is 7.90. The number of amides is 1. The number of rotatable bonds is 8. The number of carbonyl (C=O) groups excluding carboxylic acids is 1. The summed E-state index contributed by atoms with van der Waals surface area (Å²) in [5.74, 6) is 1.04. The molecule has 1 aliphatic carbocycles. The zero-order chi connectivity index (χ0) is 17.6. The maximum atomic E-state index is 12.0. The average molecular weight is 391 g/mol. The third kappa shape index (κ3) is 6.84. The van der Waals surface area contributed by atoms with E-state index in [1.165, 1.54) is 18.4 Å². The zero-order valence-corrected chi connectivity index (χ0v) is 16.1. The van der Waals surface area contributed by atoms with Gasteiger partial charge < -0.3 is 15.8 Å². The van der Waals surface area contributed by atoms with Crippen LogP contribution in [-0.4, -0.2) is 39.8 Å². The van der Waals surface area contributed by atoms with Gasteiger partial charge in [-0.05, 0) is 56.0 Å². The molecule has 0 saturated heterocycles. The Morgan fingerprint density at radius 1 is 1.28 bits per heavy atom. The Kier molecular flexibility index (Phi) is 8.68. The second-order valence-corrected chi connectivity index (χ2v) is 8.31. The van der Waals surface area contributed by atoms with E-state index in [4.69, 9.17) is 10.5 Å². The molecule has 25 heavy (non-hydrogen) atoms. The van der Waals surface area contributed by atoms with Crippen molar-refractivity contribution in [2.75, 3.05) is 19.4 Å². The summed E-state index contributed by atoms with van der Waals surface area (Å²) in [5, 5.41) is 3.06. The van der Waals surface area contributed by atoms with Gasteiger partial charge in [-0.25, -0.2) is 8.42 Å². The molecule has 8 heteroatoms. The van der Waals surface area contributed by atoms with Crippen molar-refractivity contribution in [3.63, 3.8) is 0 Å². The van der Waals surface area contributed by atoms with Gasteiger partial charge in [0.05, 0.1) is 11.5 Å². The van der Waals surface area contributed by atoms with E-state index in [0.29, 0.717) is 37.7 Å². The van der Waals surface area contributed by atoms with Crippen LogP contribution in [0.5, 0.6) is 5.75 Å². The Labute approximate surface area is 155 Å². The van der Waals surface area contributed by atoms with Gasteiger partial charge in [0.1, 0.15) is 5.75 Å². The molecule has 0 bridgehead atoms. The summed E-state index contributed by atoms with van der Waals surface area (Å²) in [5.41, 5.74) is 5.71. The summed E-state index contributed by atoms with van der Waals surface area (Å²) in [6.45, 7) is 1.04. The van der Waals surface area contributed by atoms with Crippen LogP contribution in [0.4, 0.5) is 0 Å². The zero-order valence-electron chi connectivity index (χ0n) is 14.4. The number of nitrogens with two attached hydrogens (primary N) is 1. The van der Waals surface area contributed by atoms with Gasteiger partial charge in [-0.3, -0.25) is 4.79 Å². The molecule has 0 heterocycles. The van der Waals surface area contributed by atoms with Crippen molar-refractivity contribution < 1.29 is 17.9 Å². The topological polar surface area (TPSA) is 98.5 Å². The lowest BCUT2D eigenvalue weighted by Crippen LogP contribution is -2.39. The first-order chi connectivity index (χ1) is 11.4. The second-order valence-electron chi connectivity index (χ2n) is 6.30. The van der Waals surface area contributed by atoms with Crippen LogP contribution in [0.3, 0.4) is 0 Å². The quantitative estimate of drug-likeness (QED) is 0.660. The van der Waals surface area contributed by atoms with Gasteiger partial charge in [-0.15, -0.1) is 12.4 Å². The van der Waals surface area contributed by atoms with Crippen LogP contribution in [0.25, 0.3) is 0 Å². The van der Waals surface area contributed by atoms with Gasteiger partial charge in [0.15, 0.2) is 9.84 Å². The SMILES string of the molecule is CS(=O)(=O)c1ccc(OCCCC(=O)NC2CCCC2CN)cc1.Cl.